The van der Waals surface area contributed by atoms with E-state index in [4.69, 9.17) is 16.3 Å². The van der Waals surface area contributed by atoms with E-state index in [2.05, 4.69) is 20.7 Å². The molecular weight excluding hydrogens is 312 g/mol. The summed E-state index contributed by atoms with van der Waals surface area (Å²) in [5.74, 6) is 1.38. The molecule has 0 unspecified atom stereocenters. The van der Waals surface area contributed by atoms with E-state index in [-0.39, 0.29) is 0 Å². The molecule has 0 aliphatic rings. The minimum Gasteiger partial charge on any atom is -0.497 e. The number of fused-ring (bicyclic) bond motifs is 1. The molecule has 1 N–H and O–H groups in total. The van der Waals surface area contributed by atoms with E-state index >= 15 is 0 Å². The summed E-state index contributed by atoms with van der Waals surface area (Å²) in [6.07, 6.45) is 0. The summed E-state index contributed by atoms with van der Waals surface area (Å²) in [4.78, 5) is 0. The average Bonchev–Trinajstić information content (AvgIpc) is 2.61. The summed E-state index contributed by atoms with van der Waals surface area (Å²) < 4.78 is 5.15. The van der Waals surface area contributed by atoms with Crippen molar-refractivity contribution in [2.75, 3.05) is 12.5 Å². The lowest BCUT2D eigenvalue weighted by molar-refractivity contribution is 0.415. The molecule has 0 radical (unpaired) electrons. The van der Waals surface area contributed by atoms with Crippen LogP contribution in [0.5, 0.6) is 5.75 Å². The van der Waals surface area contributed by atoms with Gasteiger partial charge in [-0.15, -0.1) is 10.2 Å². The molecule has 3 aromatic rings. The molecule has 0 saturated carbocycles. The van der Waals surface area contributed by atoms with Crippen LogP contribution in [0.15, 0.2) is 53.6 Å². The number of rotatable bonds is 4. The average molecular weight is 327 g/mol. The second kappa shape index (κ2) is 6.62. The van der Waals surface area contributed by atoms with Crippen LogP contribution in [0.25, 0.3) is 10.8 Å². The molecule has 1 aromatic heterocycles. The van der Waals surface area contributed by atoms with E-state index in [9.17, 15) is 0 Å². The van der Waals surface area contributed by atoms with Crippen LogP contribution in [-0.4, -0.2) is 23.0 Å². The topological polar surface area (TPSA) is 59.4 Å². The van der Waals surface area contributed by atoms with Gasteiger partial charge in [-0.2, -0.15) is 5.10 Å². The fourth-order valence-electron chi connectivity index (χ4n) is 2.19. The number of methoxy groups -OCH3 is 1. The molecule has 0 atom stereocenters. The van der Waals surface area contributed by atoms with Gasteiger partial charge in [0.1, 0.15) is 5.75 Å². The van der Waals surface area contributed by atoms with Crippen molar-refractivity contribution in [1.29, 1.82) is 0 Å². The number of benzene rings is 2. The largest absolute Gasteiger partial charge is 0.497 e. The third-order valence-electron chi connectivity index (χ3n) is 3.48. The Balaban J connectivity index is 1.88. The second-order valence-corrected chi connectivity index (χ2v) is 5.28. The number of anilines is 1. The third-order valence-corrected chi connectivity index (χ3v) is 3.76. The SMILES string of the molecule is COc1ccc(/C(C)=N/Nc2nnc(Cl)c3ccccc23)cc1. The molecule has 0 saturated heterocycles. The number of hydrogen-bond donors (Lipinski definition) is 1. The highest BCUT2D eigenvalue weighted by Crippen LogP contribution is 2.25. The molecule has 0 fully saturated rings. The molecule has 0 aliphatic carbocycles. The van der Waals surface area contributed by atoms with Gasteiger partial charge in [0, 0.05) is 10.8 Å². The zero-order chi connectivity index (χ0) is 16.2. The van der Waals surface area contributed by atoms with E-state index in [1.54, 1.807) is 7.11 Å². The highest BCUT2D eigenvalue weighted by atomic mass is 35.5. The standard InChI is InChI=1S/C17H15ClN4O/c1-11(12-7-9-13(23-2)10-8-12)19-21-17-15-6-4-3-5-14(15)16(18)20-22-17/h3-10H,1-2H3,(H,21,22)/b19-11+. The Kier molecular flexibility index (Phi) is 4.39. The van der Waals surface area contributed by atoms with E-state index in [1.807, 2.05) is 55.5 Å². The minimum absolute atomic E-state index is 0.377. The van der Waals surface area contributed by atoms with Gasteiger partial charge in [-0.3, -0.25) is 5.43 Å². The van der Waals surface area contributed by atoms with E-state index < -0.39 is 0 Å². The first-order valence-corrected chi connectivity index (χ1v) is 7.42. The molecular formula is C17H15ClN4O. The van der Waals surface area contributed by atoms with Crippen LogP contribution in [0.1, 0.15) is 12.5 Å². The Bertz CT molecular complexity index is 862. The molecule has 6 heteroatoms. The Morgan fingerprint density at radius 3 is 2.43 bits per heavy atom. The molecule has 3 rings (SSSR count). The first kappa shape index (κ1) is 15.2. The number of hydrogen-bond acceptors (Lipinski definition) is 5. The van der Waals surface area contributed by atoms with E-state index in [0.29, 0.717) is 11.0 Å². The van der Waals surface area contributed by atoms with Gasteiger partial charge < -0.3 is 4.74 Å². The number of nitrogens with one attached hydrogen (secondary N) is 1. The van der Waals surface area contributed by atoms with Crippen LogP contribution in [0, 0.1) is 0 Å². The maximum atomic E-state index is 6.07. The van der Waals surface area contributed by atoms with Gasteiger partial charge in [-0.05, 0) is 36.8 Å². The van der Waals surface area contributed by atoms with Crippen LogP contribution in [-0.2, 0) is 0 Å². The Morgan fingerprint density at radius 2 is 1.74 bits per heavy atom. The first-order valence-electron chi connectivity index (χ1n) is 7.04. The lowest BCUT2D eigenvalue weighted by Gasteiger charge is -2.07. The van der Waals surface area contributed by atoms with Crippen LogP contribution in [0.3, 0.4) is 0 Å². The van der Waals surface area contributed by atoms with Gasteiger partial charge in [0.25, 0.3) is 0 Å². The second-order valence-electron chi connectivity index (χ2n) is 4.92. The summed E-state index contributed by atoms with van der Waals surface area (Å²) in [6, 6.07) is 15.3. The summed E-state index contributed by atoms with van der Waals surface area (Å²) in [5.41, 5.74) is 4.78. The summed E-state index contributed by atoms with van der Waals surface area (Å²) in [7, 11) is 1.64. The number of ether oxygens (including phenoxy) is 1. The van der Waals surface area contributed by atoms with Crippen molar-refractivity contribution in [1.82, 2.24) is 10.2 Å². The zero-order valence-corrected chi connectivity index (χ0v) is 13.5. The molecule has 5 nitrogen and oxygen atoms in total. The number of nitrogens with zero attached hydrogens (tertiary/aromatic N) is 3. The lowest BCUT2D eigenvalue weighted by atomic mass is 10.1. The smallest absolute Gasteiger partial charge is 0.176 e. The highest BCUT2D eigenvalue weighted by molar-refractivity contribution is 6.34. The van der Waals surface area contributed by atoms with Crippen LogP contribution in [0.4, 0.5) is 5.82 Å². The maximum absolute atomic E-state index is 6.07. The van der Waals surface area contributed by atoms with E-state index in [0.717, 1.165) is 27.8 Å². The molecule has 116 valence electrons. The van der Waals surface area contributed by atoms with Gasteiger partial charge in [-0.25, -0.2) is 0 Å². The van der Waals surface area contributed by atoms with Gasteiger partial charge in [0.2, 0.25) is 0 Å². The first-order chi connectivity index (χ1) is 11.2. The van der Waals surface area contributed by atoms with Crippen molar-refractivity contribution in [3.8, 4) is 5.75 Å². The third kappa shape index (κ3) is 3.24. The van der Waals surface area contributed by atoms with Crippen molar-refractivity contribution < 1.29 is 4.74 Å². The predicted octanol–water partition coefficient (Wildman–Crippen LogP) is 4.13. The molecule has 0 spiro atoms. The minimum atomic E-state index is 0.377. The Hall–Kier alpha value is -2.66. The van der Waals surface area contributed by atoms with Crippen LogP contribution < -0.4 is 10.2 Å². The van der Waals surface area contributed by atoms with Gasteiger partial charge in [-0.1, -0.05) is 35.9 Å². The Morgan fingerprint density at radius 1 is 1.04 bits per heavy atom. The highest BCUT2D eigenvalue weighted by Gasteiger charge is 2.07. The van der Waals surface area contributed by atoms with Crippen molar-refractivity contribution in [3.63, 3.8) is 0 Å². The Labute approximate surface area is 139 Å². The normalized spacial score (nSPS) is 11.5. The van der Waals surface area contributed by atoms with Gasteiger partial charge >= 0.3 is 0 Å². The van der Waals surface area contributed by atoms with Crippen molar-refractivity contribution in [2.45, 2.75) is 6.92 Å². The van der Waals surface area contributed by atoms with E-state index in [1.165, 1.54) is 0 Å². The van der Waals surface area contributed by atoms with Crippen molar-refractivity contribution in [2.24, 2.45) is 5.10 Å². The zero-order valence-electron chi connectivity index (χ0n) is 12.7. The fraction of sp³-hybridized carbons (Fsp3) is 0.118. The van der Waals surface area contributed by atoms with Gasteiger partial charge in [0.15, 0.2) is 11.0 Å². The molecule has 23 heavy (non-hydrogen) atoms. The number of hydrazone groups is 1. The lowest BCUT2D eigenvalue weighted by Crippen LogP contribution is -2.02. The predicted molar refractivity (Wildman–Crippen MR) is 93.4 cm³/mol. The summed E-state index contributed by atoms with van der Waals surface area (Å²) >= 11 is 6.07. The quantitative estimate of drug-likeness (QED) is 0.578. The van der Waals surface area contributed by atoms with Crippen LogP contribution >= 0.6 is 11.6 Å². The van der Waals surface area contributed by atoms with Crippen molar-refractivity contribution in [3.05, 3.63) is 59.2 Å². The molecule has 2 aromatic carbocycles. The van der Waals surface area contributed by atoms with Gasteiger partial charge in [0.05, 0.1) is 12.8 Å². The van der Waals surface area contributed by atoms with Crippen LogP contribution in [0.2, 0.25) is 5.15 Å². The number of halogens is 1. The molecule has 0 bridgehead atoms. The van der Waals surface area contributed by atoms with Crippen molar-refractivity contribution >= 4 is 33.9 Å². The monoisotopic (exact) mass is 326 g/mol. The molecule has 1 heterocycles. The summed E-state index contributed by atoms with van der Waals surface area (Å²) in [6.45, 7) is 1.92. The fourth-order valence-corrected chi connectivity index (χ4v) is 2.39. The molecule has 0 amide bonds. The summed E-state index contributed by atoms with van der Waals surface area (Å²) in [5, 5.41) is 14.5. The maximum Gasteiger partial charge on any atom is 0.176 e. The molecule has 0 aliphatic heterocycles. The number of aromatic nitrogens is 2.